The maximum atomic E-state index is 12.3. The molecule has 0 aliphatic carbocycles. The van der Waals surface area contributed by atoms with Gasteiger partial charge in [-0.25, -0.2) is 9.48 Å². The van der Waals surface area contributed by atoms with Gasteiger partial charge in [-0.3, -0.25) is 4.90 Å². The van der Waals surface area contributed by atoms with Crippen molar-refractivity contribution in [3.63, 3.8) is 0 Å². The molecule has 1 aliphatic rings. The molecule has 1 aromatic heterocycles. The van der Waals surface area contributed by atoms with E-state index in [1.807, 2.05) is 30.3 Å². The first-order valence-corrected chi connectivity index (χ1v) is 9.53. The number of carbonyl (C=O) groups excluding carboxylic acids is 1. The number of fused-ring (bicyclic) bond motifs is 1. The average molecular weight is 414 g/mol. The minimum Gasteiger partial charge on any atom is -0.464 e. The number of likely N-dealkylation sites (tertiary alicyclic amines) is 1. The highest BCUT2D eigenvalue weighted by Gasteiger charge is 2.20. The van der Waals surface area contributed by atoms with Crippen molar-refractivity contribution in [3.05, 3.63) is 58.2 Å². The van der Waals surface area contributed by atoms with E-state index in [0.717, 1.165) is 40.7 Å². The summed E-state index contributed by atoms with van der Waals surface area (Å²) in [5, 5.41) is 5.38. The van der Waals surface area contributed by atoms with Crippen LogP contribution < -0.4 is 0 Å². The van der Waals surface area contributed by atoms with Crippen molar-refractivity contribution in [1.82, 2.24) is 14.7 Å². The van der Waals surface area contributed by atoms with Gasteiger partial charge in [-0.1, -0.05) is 28.1 Å². The molecule has 3 aromatic rings. The minimum atomic E-state index is -0.415. The summed E-state index contributed by atoms with van der Waals surface area (Å²) in [6.45, 7) is 3.18. The van der Waals surface area contributed by atoms with Gasteiger partial charge in [-0.15, -0.1) is 0 Å². The lowest BCUT2D eigenvalue weighted by Crippen LogP contribution is -2.18. The highest BCUT2D eigenvalue weighted by molar-refractivity contribution is 9.10. The van der Waals surface area contributed by atoms with Gasteiger partial charge in [0.1, 0.15) is 0 Å². The number of nitrogens with zero attached hydrogens (tertiary/aromatic N) is 3. The second-order valence-electron chi connectivity index (χ2n) is 6.57. The summed E-state index contributed by atoms with van der Waals surface area (Å²) in [5.41, 5.74) is 3.34. The Morgan fingerprint density at radius 3 is 2.73 bits per heavy atom. The Kier molecular flexibility index (Phi) is 4.78. The number of carbonyl (C=O) groups is 1. The number of rotatable bonds is 4. The molecule has 0 atom stereocenters. The summed E-state index contributed by atoms with van der Waals surface area (Å²) in [5.74, 6) is -0.415. The normalized spacial score (nSPS) is 14.8. The molecule has 2 heterocycles. The predicted octanol–water partition coefficient (Wildman–Crippen LogP) is 4.17. The van der Waals surface area contributed by atoms with Crippen LogP contribution in [0.1, 0.15) is 28.9 Å². The van der Waals surface area contributed by atoms with Crippen LogP contribution in [-0.2, 0) is 11.3 Å². The van der Waals surface area contributed by atoms with Crippen molar-refractivity contribution in [2.45, 2.75) is 19.4 Å². The number of methoxy groups -OCH3 is 1. The molecule has 6 heteroatoms. The summed E-state index contributed by atoms with van der Waals surface area (Å²) in [6, 6.07) is 14.1. The second kappa shape index (κ2) is 7.21. The number of benzene rings is 2. The molecule has 4 rings (SSSR count). The first-order valence-electron chi connectivity index (χ1n) is 8.74. The van der Waals surface area contributed by atoms with Crippen LogP contribution in [0.2, 0.25) is 0 Å². The molecule has 0 spiro atoms. The maximum absolute atomic E-state index is 12.3. The molecule has 134 valence electrons. The van der Waals surface area contributed by atoms with E-state index in [2.05, 4.69) is 38.1 Å². The summed E-state index contributed by atoms with van der Waals surface area (Å²) in [7, 11) is 1.39. The summed E-state index contributed by atoms with van der Waals surface area (Å²) < 4.78 is 7.72. The van der Waals surface area contributed by atoms with Gasteiger partial charge in [0.25, 0.3) is 0 Å². The molecule has 0 saturated carbocycles. The van der Waals surface area contributed by atoms with Crippen LogP contribution in [-0.4, -0.2) is 40.8 Å². The van der Waals surface area contributed by atoms with Gasteiger partial charge in [-0.05, 0) is 61.8 Å². The Morgan fingerprint density at radius 2 is 2.00 bits per heavy atom. The molecular formula is C20H20BrN3O2. The molecule has 0 unspecified atom stereocenters. The SMILES string of the molecule is COC(=O)c1nn(-c2cccc(Br)c2)c2ccc(CN3CCCC3)cc12. The summed E-state index contributed by atoms with van der Waals surface area (Å²) in [4.78, 5) is 14.7. The number of ether oxygens (including phenoxy) is 1. The number of hydrogen-bond acceptors (Lipinski definition) is 4. The van der Waals surface area contributed by atoms with Gasteiger partial charge in [-0.2, -0.15) is 5.10 Å². The van der Waals surface area contributed by atoms with E-state index in [1.54, 1.807) is 4.68 Å². The van der Waals surface area contributed by atoms with E-state index >= 15 is 0 Å². The van der Waals surface area contributed by atoms with Crippen molar-refractivity contribution in [1.29, 1.82) is 0 Å². The van der Waals surface area contributed by atoms with Crippen LogP contribution in [0.3, 0.4) is 0 Å². The van der Waals surface area contributed by atoms with E-state index in [1.165, 1.54) is 25.5 Å². The number of esters is 1. The third kappa shape index (κ3) is 3.27. The number of hydrogen-bond donors (Lipinski definition) is 0. The van der Waals surface area contributed by atoms with E-state index in [-0.39, 0.29) is 0 Å². The van der Waals surface area contributed by atoms with E-state index < -0.39 is 5.97 Å². The van der Waals surface area contributed by atoms with E-state index in [9.17, 15) is 4.79 Å². The van der Waals surface area contributed by atoms with Crippen molar-refractivity contribution >= 4 is 32.8 Å². The van der Waals surface area contributed by atoms with Crippen LogP contribution in [0.5, 0.6) is 0 Å². The molecule has 1 aliphatic heterocycles. The Bertz CT molecular complexity index is 961. The molecular weight excluding hydrogens is 394 g/mol. The zero-order valence-corrected chi connectivity index (χ0v) is 16.2. The minimum absolute atomic E-state index is 0.353. The third-order valence-corrected chi connectivity index (χ3v) is 5.27. The lowest BCUT2D eigenvalue weighted by Gasteiger charge is -2.14. The van der Waals surface area contributed by atoms with Gasteiger partial charge >= 0.3 is 5.97 Å². The Balaban J connectivity index is 1.82. The fourth-order valence-electron chi connectivity index (χ4n) is 3.51. The first kappa shape index (κ1) is 17.2. The van der Waals surface area contributed by atoms with Gasteiger partial charge in [0.15, 0.2) is 5.69 Å². The zero-order chi connectivity index (χ0) is 18.1. The summed E-state index contributed by atoms with van der Waals surface area (Å²) >= 11 is 3.50. The average Bonchev–Trinajstić information content (AvgIpc) is 3.28. The molecule has 0 bridgehead atoms. The van der Waals surface area contributed by atoms with Gasteiger partial charge in [0, 0.05) is 16.4 Å². The van der Waals surface area contributed by atoms with Gasteiger partial charge < -0.3 is 4.74 Å². The van der Waals surface area contributed by atoms with Crippen molar-refractivity contribution in [2.75, 3.05) is 20.2 Å². The van der Waals surface area contributed by atoms with Crippen LogP contribution >= 0.6 is 15.9 Å². The molecule has 0 amide bonds. The Morgan fingerprint density at radius 1 is 1.19 bits per heavy atom. The predicted molar refractivity (Wildman–Crippen MR) is 105 cm³/mol. The first-order chi connectivity index (χ1) is 12.7. The number of aromatic nitrogens is 2. The van der Waals surface area contributed by atoms with Crippen LogP contribution in [0, 0.1) is 0 Å². The molecule has 5 nitrogen and oxygen atoms in total. The van der Waals surface area contributed by atoms with Gasteiger partial charge in [0.05, 0.1) is 18.3 Å². The molecule has 0 N–H and O–H groups in total. The Hall–Kier alpha value is -2.18. The topological polar surface area (TPSA) is 47.4 Å². The highest BCUT2D eigenvalue weighted by Crippen LogP contribution is 2.26. The zero-order valence-electron chi connectivity index (χ0n) is 14.6. The smallest absolute Gasteiger partial charge is 0.359 e. The van der Waals surface area contributed by atoms with Crippen molar-refractivity contribution in [2.24, 2.45) is 0 Å². The monoisotopic (exact) mass is 413 g/mol. The lowest BCUT2D eigenvalue weighted by molar-refractivity contribution is 0.0595. The van der Waals surface area contributed by atoms with Crippen LogP contribution in [0.4, 0.5) is 0 Å². The van der Waals surface area contributed by atoms with Crippen LogP contribution in [0.15, 0.2) is 46.9 Å². The quantitative estimate of drug-likeness (QED) is 0.602. The van der Waals surface area contributed by atoms with Crippen molar-refractivity contribution < 1.29 is 9.53 Å². The molecule has 0 radical (unpaired) electrons. The third-order valence-electron chi connectivity index (χ3n) is 4.78. The number of halogens is 1. The molecule has 26 heavy (non-hydrogen) atoms. The Labute approximate surface area is 160 Å². The van der Waals surface area contributed by atoms with E-state index in [4.69, 9.17) is 4.74 Å². The van der Waals surface area contributed by atoms with Crippen molar-refractivity contribution in [3.8, 4) is 5.69 Å². The second-order valence-corrected chi connectivity index (χ2v) is 7.48. The standard InChI is InChI=1S/C20H20BrN3O2/c1-26-20(25)19-17-11-14(13-23-9-2-3-10-23)7-8-18(17)24(22-19)16-6-4-5-15(21)12-16/h4-8,11-12H,2-3,9-10,13H2,1H3. The lowest BCUT2D eigenvalue weighted by atomic mass is 10.1. The molecule has 1 fully saturated rings. The van der Waals surface area contributed by atoms with Crippen LogP contribution in [0.25, 0.3) is 16.6 Å². The summed E-state index contributed by atoms with van der Waals surface area (Å²) in [6.07, 6.45) is 2.52. The molecule has 1 saturated heterocycles. The van der Waals surface area contributed by atoms with E-state index in [0.29, 0.717) is 5.69 Å². The molecule has 2 aromatic carbocycles. The maximum Gasteiger partial charge on any atom is 0.359 e. The fraction of sp³-hybridized carbons (Fsp3) is 0.300. The largest absolute Gasteiger partial charge is 0.464 e. The highest BCUT2D eigenvalue weighted by atomic mass is 79.9. The fourth-order valence-corrected chi connectivity index (χ4v) is 3.90. The van der Waals surface area contributed by atoms with Gasteiger partial charge in [0.2, 0.25) is 0 Å².